The SMILES string of the molecule is O=P([O-])(O)c1ccccc1O.O=P([O-])(O)c1ccccc1O.[OH-].[OH-].[Tc+4]. The minimum atomic E-state index is -4.56. The van der Waals surface area contributed by atoms with Gasteiger partial charge >= 0.3 is 20.1 Å². The molecule has 13 heteroatoms. The molecular weight excluding hydrogens is 464 g/mol. The molecule has 6 N–H and O–H groups in total. The summed E-state index contributed by atoms with van der Waals surface area (Å²) in [6.45, 7) is 0. The van der Waals surface area contributed by atoms with E-state index >= 15 is 0 Å². The summed E-state index contributed by atoms with van der Waals surface area (Å²) in [5, 5.41) is 16.9. The van der Waals surface area contributed by atoms with Crippen LogP contribution >= 0.6 is 15.2 Å². The molecule has 2 rings (SSSR count). The summed E-state index contributed by atoms with van der Waals surface area (Å²) >= 11 is 0. The fourth-order valence-corrected chi connectivity index (χ4v) is 2.68. The molecule has 0 heterocycles. The van der Waals surface area contributed by atoms with Gasteiger partial charge in [0.2, 0.25) is 0 Å². The van der Waals surface area contributed by atoms with Crippen LogP contribution in [-0.2, 0) is 29.2 Å². The summed E-state index contributed by atoms with van der Waals surface area (Å²) in [5.74, 6) is -0.873. The number of phenolic OH excluding ortho intramolecular Hbond substituents is 2. The zero-order valence-electron chi connectivity index (χ0n) is 12.2. The smallest absolute Gasteiger partial charge is 0.870 e. The van der Waals surface area contributed by atoms with Crippen molar-refractivity contribution in [3.8, 4) is 11.5 Å². The summed E-state index contributed by atoms with van der Waals surface area (Å²) in [7, 11) is -9.11. The van der Waals surface area contributed by atoms with Crippen LogP contribution in [0.4, 0.5) is 0 Å². The van der Waals surface area contributed by atoms with E-state index in [-0.39, 0.29) is 31.1 Å². The first-order valence-corrected chi connectivity index (χ1v) is 8.83. The average Bonchev–Trinajstić information content (AvgIpc) is 2.37. The normalized spacial score (nSPS) is 13.9. The maximum atomic E-state index is 10.5. The van der Waals surface area contributed by atoms with Gasteiger partial charge in [0.25, 0.3) is 0 Å². The molecule has 0 amide bonds. The molecule has 0 aliphatic heterocycles. The van der Waals surface area contributed by atoms with Crippen molar-refractivity contribution in [1.29, 1.82) is 0 Å². The van der Waals surface area contributed by atoms with Gasteiger partial charge < -0.3 is 49.9 Å². The van der Waals surface area contributed by atoms with Crippen molar-refractivity contribution < 1.29 is 70.0 Å². The van der Waals surface area contributed by atoms with Crippen LogP contribution in [0.15, 0.2) is 48.5 Å². The van der Waals surface area contributed by atoms with Crippen molar-refractivity contribution in [2.75, 3.05) is 0 Å². The fraction of sp³-hybridized carbons (Fsp3) is 0. The van der Waals surface area contributed by atoms with Gasteiger partial charge in [0.15, 0.2) is 15.2 Å². The Kier molecular flexibility index (Phi) is 13.2. The van der Waals surface area contributed by atoms with Gasteiger partial charge in [-0.1, -0.05) is 24.3 Å². The van der Waals surface area contributed by atoms with Gasteiger partial charge in [0.05, 0.1) is 10.6 Å². The van der Waals surface area contributed by atoms with Crippen LogP contribution in [0.3, 0.4) is 0 Å². The van der Waals surface area contributed by atoms with Gasteiger partial charge in [-0.2, -0.15) is 0 Å². The fourth-order valence-electron chi connectivity index (χ4n) is 1.41. The Morgan fingerprint density at radius 3 is 1.08 bits per heavy atom. The van der Waals surface area contributed by atoms with Crippen LogP contribution in [0.5, 0.6) is 11.5 Å². The van der Waals surface area contributed by atoms with E-state index in [4.69, 9.17) is 20.0 Å². The monoisotopic (exact) mass is 477 g/mol. The van der Waals surface area contributed by atoms with E-state index in [1.807, 2.05) is 0 Å². The van der Waals surface area contributed by atoms with Crippen molar-refractivity contribution in [2.24, 2.45) is 0 Å². The summed E-state index contributed by atoms with van der Waals surface area (Å²) < 4.78 is 21.0. The van der Waals surface area contributed by atoms with E-state index < -0.39 is 37.3 Å². The number of para-hydroxylation sites is 2. The predicted octanol–water partition coefficient (Wildman–Crippen LogP) is -1.23. The first-order chi connectivity index (χ1) is 10.0. The molecular formula is C12H14O10P2Tc. The van der Waals surface area contributed by atoms with Gasteiger partial charge in [-0.25, -0.2) is 0 Å². The van der Waals surface area contributed by atoms with E-state index in [0.717, 1.165) is 12.1 Å². The van der Waals surface area contributed by atoms with Crippen LogP contribution < -0.4 is 20.4 Å². The summed E-state index contributed by atoms with van der Waals surface area (Å²) in [6, 6.07) is 10.4. The molecule has 2 aromatic carbocycles. The maximum absolute atomic E-state index is 10.5. The number of aromatic hydroxyl groups is 2. The molecule has 2 aromatic rings. The minimum Gasteiger partial charge on any atom is -0.870 e. The van der Waals surface area contributed by atoms with Gasteiger partial charge in [-0.3, -0.25) is 0 Å². The second kappa shape index (κ2) is 11.5. The van der Waals surface area contributed by atoms with E-state index in [9.17, 15) is 18.9 Å². The standard InChI is InChI=1S/2C6H7O4P.2H2O.Tc/c2*7-5-3-1-2-4-6(5)11(8,9)10;;;/h2*1-4,7H,(H2,8,9,10);2*1H2;/q;;;;+4/p-4. The number of benzene rings is 2. The number of phenols is 2. The Labute approximate surface area is 156 Å². The summed E-state index contributed by atoms with van der Waals surface area (Å²) in [4.78, 5) is 38.0. The Balaban J connectivity index is -0.000000346. The molecule has 0 aliphatic rings. The van der Waals surface area contributed by atoms with E-state index in [1.54, 1.807) is 0 Å². The first-order valence-electron chi connectivity index (χ1n) is 5.68. The molecule has 0 bridgehead atoms. The van der Waals surface area contributed by atoms with Crippen molar-refractivity contribution in [2.45, 2.75) is 0 Å². The summed E-state index contributed by atoms with van der Waals surface area (Å²) in [5.41, 5.74) is 0. The van der Waals surface area contributed by atoms with E-state index in [0.29, 0.717) is 0 Å². The second-order valence-electron chi connectivity index (χ2n) is 4.02. The Hall–Kier alpha value is -1.09. The van der Waals surface area contributed by atoms with Crippen LogP contribution in [0.25, 0.3) is 0 Å². The molecule has 0 saturated carbocycles. The third kappa shape index (κ3) is 9.25. The van der Waals surface area contributed by atoms with Crippen molar-refractivity contribution in [3.05, 3.63) is 48.5 Å². The molecule has 0 spiro atoms. The Bertz CT molecular complexity index is 679. The number of hydrogen-bond donors (Lipinski definition) is 4. The van der Waals surface area contributed by atoms with Crippen molar-refractivity contribution >= 4 is 25.8 Å². The largest absolute Gasteiger partial charge is 4.00 e. The molecule has 10 nitrogen and oxygen atoms in total. The minimum absolute atomic E-state index is 0. The van der Waals surface area contributed by atoms with Crippen LogP contribution in [-0.4, -0.2) is 31.0 Å². The van der Waals surface area contributed by atoms with Crippen LogP contribution in [0.2, 0.25) is 0 Å². The predicted molar refractivity (Wildman–Crippen MR) is 79.0 cm³/mol. The zero-order valence-corrected chi connectivity index (χ0v) is 15.9. The Morgan fingerprint density at radius 1 is 0.680 bits per heavy atom. The van der Waals surface area contributed by atoms with Gasteiger partial charge in [-0.05, 0) is 24.3 Å². The Morgan fingerprint density at radius 2 is 0.920 bits per heavy atom. The zero-order chi connectivity index (χ0) is 17.0. The van der Waals surface area contributed by atoms with Crippen molar-refractivity contribution in [3.63, 3.8) is 0 Å². The van der Waals surface area contributed by atoms with Gasteiger partial charge in [0.1, 0.15) is 11.5 Å². The topological polar surface area (TPSA) is 221 Å². The molecule has 0 fully saturated rings. The van der Waals surface area contributed by atoms with Gasteiger partial charge in [-0.15, -0.1) is 0 Å². The van der Waals surface area contributed by atoms with Crippen LogP contribution in [0, 0.1) is 0 Å². The average molecular weight is 478 g/mol. The van der Waals surface area contributed by atoms with Crippen molar-refractivity contribution in [1.82, 2.24) is 0 Å². The van der Waals surface area contributed by atoms with Gasteiger partial charge in [0, 0.05) is 0 Å². The third-order valence-corrected chi connectivity index (χ3v) is 4.35. The van der Waals surface area contributed by atoms with E-state index in [2.05, 4.69) is 0 Å². The molecule has 25 heavy (non-hydrogen) atoms. The first kappa shape index (κ1) is 28.7. The molecule has 0 aliphatic carbocycles. The molecule has 0 aromatic heterocycles. The van der Waals surface area contributed by atoms with E-state index in [1.165, 1.54) is 36.4 Å². The quantitative estimate of drug-likeness (QED) is 0.376. The molecule has 139 valence electrons. The third-order valence-electron chi connectivity index (χ3n) is 2.37. The molecule has 0 saturated heterocycles. The molecule has 2 unspecified atom stereocenters. The molecule has 1 radical (unpaired) electrons. The summed E-state index contributed by atoms with van der Waals surface area (Å²) in [6.07, 6.45) is 0. The maximum Gasteiger partial charge on any atom is 4.00 e. The van der Waals surface area contributed by atoms with Crippen LogP contribution in [0.1, 0.15) is 0 Å². The number of hydrogen-bond acceptors (Lipinski definition) is 8. The molecule has 2 atom stereocenters. The number of rotatable bonds is 2. The second-order valence-corrected chi connectivity index (χ2v) is 7.06.